The first-order valence-corrected chi connectivity index (χ1v) is 8.51. The molecule has 0 aliphatic heterocycles. The van der Waals surface area contributed by atoms with Crippen molar-refractivity contribution in [2.45, 2.75) is 39.8 Å². The van der Waals surface area contributed by atoms with Gasteiger partial charge in [-0.15, -0.1) is 0 Å². The van der Waals surface area contributed by atoms with Crippen LogP contribution in [0.25, 0.3) is 0 Å². The van der Waals surface area contributed by atoms with E-state index in [1.165, 1.54) is 5.56 Å². The maximum Gasteiger partial charge on any atom is 0.212 e. The van der Waals surface area contributed by atoms with Gasteiger partial charge in [-0.3, -0.25) is 10.0 Å². The predicted octanol–water partition coefficient (Wildman–Crippen LogP) is 1.91. The molecular formula is C18H32N6. The van der Waals surface area contributed by atoms with Crippen LogP contribution >= 0.6 is 0 Å². The van der Waals surface area contributed by atoms with Crippen LogP contribution in [0.2, 0.25) is 0 Å². The van der Waals surface area contributed by atoms with E-state index >= 15 is 0 Å². The second-order valence-electron chi connectivity index (χ2n) is 5.70. The average molecular weight is 332 g/mol. The highest BCUT2D eigenvalue weighted by Crippen LogP contribution is 2.03. The summed E-state index contributed by atoms with van der Waals surface area (Å²) in [4.78, 5) is 4.64. The third-order valence-electron chi connectivity index (χ3n) is 3.68. The monoisotopic (exact) mass is 332 g/mol. The zero-order chi connectivity index (χ0) is 17.8. The van der Waals surface area contributed by atoms with Crippen molar-refractivity contribution < 1.29 is 0 Å². The number of benzene rings is 1. The molecule has 0 amide bonds. The normalized spacial score (nSPS) is 12.2. The van der Waals surface area contributed by atoms with Gasteiger partial charge in [-0.05, 0) is 24.5 Å². The number of unbranched alkanes of at least 4 members (excludes halogenated alkanes) is 1. The molecule has 0 bridgehead atoms. The molecule has 0 atom stereocenters. The number of nitrogens with zero attached hydrogens (tertiary/aromatic N) is 2. The minimum absolute atomic E-state index is 0.572. The highest BCUT2D eigenvalue weighted by molar-refractivity contribution is 5.80. The van der Waals surface area contributed by atoms with Gasteiger partial charge in [0.05, 0.1) is 0 Å². The number of nitrogens with one attached hydrogen (secondary N) is 3. The second kappa shape index (κ2) is 11.5. The summed E-state index contributed by atoms with van der Waals surface area (Å²) in [6.45, 7) is 6.28. The third kappa shape index (κ3) is 7.48. The van der Waals surface area contributed by atoms with Crippen molar-refractivity contribution in [3.8, 4) is 0 Å². The Morgan fingerprint density at radius 3 is 2.50 bits per heavy atom. The van der Waals surface area contributed by atoms with Gasteiger partial charge in [0.2, 0.25) is 5.96 Å². The number of nitrogens with two attached hydrogens (primary N) is 1. The zero-order valence-electron chi connectivity index (χ0n) is 15.4. The summed E-state index contributed by atoms with van der Waals surface area (Å²) in [6, 6.07) is 8.31. The van der Waals surface area contributed by atoms with Gasteiger partial charge in [0.25, 0.3) is 0 Å². The largest absolute Gasteiger partial charge is 0.390 e. The maximum absolute atomic E-state index is 5.63. The van der Waals surface area contributed by atoms with Crippen LogP contribution in [0.1, 0.15) is 37.8 Å². The molecule has 0 aromatic heterocycles. The van der Waals surface area contributed by atoms with Gasteiger partial charge in [-0.25, -0.2) is 5.43 Å². The maximum atomic E-state index is 5.63. The predicted molar refractivity (Wildman–Crippen MR) is 102 cm³/mol. The summed E-state index contributed by atoms with van der Waals surface area (Å²) >= 11 is 0. The first-order valence-electron chi connectivity index (χ1n) is 8.51. The molecular weight excluding hydrogens is 300 g/mol. The van der Waals surface area contributed by atoms with Gasteiger partial charge in [0.15, 0.2) is 0 Å². The zero-order valence-corrected chi connectivity index (χ0v) is 15.4. The molecule has 0 unspecified atom stereocenters. The van der Waals surface area contributed by atoms with E-state index in [4.69, 9.17) is 5.73 Å². The number of aliphatic imine (C=N–C) groups is 1. The minimum atomic E-state index is 0.572. The topological polar surface area (TPSA) is 77.7 Å². The van der Waals surface area contributed by atoms with Crippen LogP contribution in [0, 0.1) is 0 Å². The van der Waals surface area contributed by atoms with Crippen molar-refractivity contribution in [2.75, 3.05) is 20.6 Å². The Bertz CT molecular complexity index is 521. The summed E-state index contributed by atoms with van der Waals surface area (Å²) in [6.07, 6.45) is 4.13. The number of guanidine groups is 1. The molecule has 0 aliphatic carbocycles. The molecule has 0 aliphatic rings. The highest BCUT2D eigenvalue weighted by atomic mass is 15.5. The Morgan fingerprint density at radius 1 is 1.25 bits per heavy atom. The van der Waals surface area contributed by atoms with Crippen molar-refractivity contribution in [2.24, 2.45) is 10.7 Å². The quantitative estimate of drug-likeness (QED) is 0.240. The van der Waals surface area contributed by atoms with E-state index in [2.05, 4.69) is 52.2 Å². The van der Waals surface area contributed by atoms with Crippen molar-refractivity contribution in [1.82, 2.24) is 21.1 Å². The van der Waals surface area contributed by atoms with Crippen LogP contribution < -0.4 is 21.8 Å². The molecule has 1 rings (SSSR count). The number of allylic oxidation sites excluding steroid dienone is 1. The van der Waals surface area contributed by atoms with Crippen LogP contribution in [-0.4, -0.2) is 31.6 Å². The first-order chi connectivity index (χ1) is 11.6. The van der Waals surface area contributed by atoms with Crippen LogP contribution in [0.5, 0.6) is 0 Å². The standard InChI is InChI=1S/C18H32N6/c1-5-6-11-21-18(22-13-15(2)20-3)24(4)23-14-17-9-7-16(12-19)8-10-17/h7-10,13,20,23H,5-6,11-12,14,19H2,1-4H3,(H,21,22)/b15-13+. The van der Waals surface area contributed by atoms with E-state index in [0.717, 1.165) is 43.2 Å². The van der Waals surface area contributed by atoms with Gasteiger partial charge in [-0.1, -0.05) is 37.6 Å². The first kappa shape index (κ1) is 20.0. The Hall–Kier alpha value is -2.05. The Balaban J connectivity index is 2.64. The van der Waals surface area contributed by atoms with E-state index in [-0.39, 0.29) is 0 Å². The van der Waals surface area contributed by atoms with Gasteiger partial charge in [0, 0.05) is 45.6 Å². The molecule has 0 saturated carbocycles. The molecule has 6 nitrogen and oxygen atoms in total. The van der Waals surface area contributed by atoms with E-state index in [1.807, 2.05) is 32.2 Å². The minimum Gasteiger partial charge on any atom is -0.390 e. The number of hydrogen-bond acceptors (Lipinski definition) is 4. The lowest BCUT2D eigenvalue weighted by atomic mass is 10.1. The van der Waals surface area contributed by atoms with Gasteiger partial charge in [-0.2, -0.15) is 0 Å². The highest BCUT2D eigenvalue weighted by Gasteiger charge is 2.05. The fourth-order valence-electron chi connectivity index (χ4n) is 1.91. The van der Waals surface area contributed by atoms with Gasteiger partial charge >= 0.3 is 0 Å². The van der Waals surface area contributed by atoms with Crippen molar-refractivity contribution in [3.63, 3.8) is 0 Å². The smallest absolute Gasteiger partial charge is 0.212 e. The van der Waals surface area contributed by atoms with Crippen LogP contribution in [0.4, 0.5) is 0 Å². The fraction of sp³-hybridized carbons (Fsp3) is 0.500. The molecule has 0 heterocycles. The summed E-state index contributed by atoms with van der Waals surface area (Å²) in [7, 11) is 3.86. The van der Waals surface area contributed by atoms with Crippen molar-refractivity contribution in [1.29, 1.82) is 0 Å². The van der Waals surface area contributed by atoms with Crippen molar-refractivity contribution in [3.05, 3.63) is 47.3 Å². The van der Waals surface area contributed by atoms with E-state index in [1.54, 1.807) is 0 Å². The Morgan fingerprint density at radius 2 is 1.92 bits per heavy atom. The lowest BCUT2D eigenvalue weighted by Gasteiger charge is -2.22. The lowest BCUT2D eigenvalue weighted by Crippen LogP contribution is -2.45. The van der Waals surface area contributed by atoms with E-state index in [0.29, 0.717) is 6.54 Å². The third-order valence-corrected chi connectivity index (χ3v) is 3.68. The molecule has 24 heavy (non-hydrogen) atoms. The number of rotatable bonds is 9. The molecule has 0 saturated heterocycles. The summed E-state index contributed by atoms with van der Waals surface area (Å²) < 4.78 is 0. The van der Waals surface area contributed by atoms with Crippen LogP contribution in [0.15, 0.2) is 41.2 Å². The van der Waals surface area contributed by atoms with Crippen LogP contribution in [0.3, 0.4) is 0 Å². The molecule has 0 radical (unpaired) electrons. The average Bonchev–Trinajstić information content (AvgIpc) is 2.62. The molecule has 5 N–H and O–H groups in total. The molecule has 1 aromatic rings. The second-order valence-corrected chi connectivity index (χ2v) is 5.70. The molecule has 0 spiro atoms. The molecule has 1 aromatic carbocycles. The van der Waals surface area contributed by atoms with Gasteiger partial charge in [0.1, 0.15) is 0 Å². The van der Waals surface area contributed by atoms with Gasteiger partial charge < -0.3 is 16.4 Å². The summed E-state index contributed by atoms with van der Waals surface area (Å²) in [5.41, 5.74) is 12.4. The molecule has 134 valence electrons. The summed E-state index contributed by atoms with van der Waals surface area (Å²) in [5, 5.41) is 8.27. The lowest BCUT2D eigenvalue weighted by molar-refractivity contribution is 0.352. The number of hydrogen-bond donors (Lipinski definition) is 4. The summed E-state index contributed by atoms with van der Waals surface area (Å²) in [5.74, 6) is 0.802. The van der Waals surface area contributed by atoms with E-state index in [9.17, 15) is 0 Å². The SMILES string of the molecule is CCCCN=C(N/C=C(\C)NC)N(C)NCc1ccc(CN)cc1. The Kier molecular flexibility index (Phi) is 9.56. The van der Waals surface area contributed by atoms with Crippen molar-refractivity contribution >= 4 is 5.96 Å². The Labute approximate surface area is 146 Å². The number of hydrazine groups is 1. The fourth-order valence-corrected chi connectivity index (χ4v) is 1.91. The van der Waals surface area contributed by atoms with Crippen LogP contribution in [-0.2, 0) is 13.1 Å². The molecule has 0 fully saturated rings. The molecule has 6 heteroatoms. The van der Waals surface area contributed by atoms with E-state index < -0.39 is 0 Å².